The summed E-state index contributed by atoms with van der Waals surface area (Å²) in [7, 11) is 0. The van der Waals surface area contributed by atoms with Gasteiger partial charge < -0.3 is 15.0 Å². The lowest BCUT2D eigenvalue weighted by Crippen LogP contribution is -2.50. The summed E-state index contributed by atoms with van der Waals surface area (Å²) in [5, 5.41) is 7.12. The minimum Gasteiger partial charge on any atom is -0.370 e. The zero-order chi connectivity index (χ0) is 16.9. The van der Waals surface area contributed by atoms with E-state index in [-0.39, 0.29) is 24.0 Å². The molecular weight excluding hydrogens is 311 g/mol. The number of urea groups is 1. The van der Waals surface area contributed by atoms with Crippen molar-refractivity contribution in [1.29, 1.82) is 0 Å². The van der Waals surface area contributed by atoms with Gasteiger partial charge in [0, 0.05) is 25.0 Å². The summed E-state index contributed by atoms with van der Waals surface area (Å²) in [6.07, 6.45) is 3.35. The average Bonchev–Trinajstić information content (AvgIpc) is 3.08. The molecule has 2 heterocycles. The molecule has 1 aromatic heterocycles. The van der Waals surface area contributed by atoms with E-state index in [0.29, 0.717) is 26.2 Å². The molecule has 1 saturated heterocycles. The smallest absolute Gasteiger partial charge is 0.317 e. The average molecular weight is 332 g/mol. The molecule has 0 aliphatic carbocycles. The van der Waals surface area contributed by atoms with Gasteiger partial charge in [0.15, 0.2) is 0 Å². The van der Waals surface area contributed by atoms with Gasteiger partial charge in [-0.25, -0.2) is 9.18 Å². The van der Waals surface area contributed by atoms with Crippen LogP contribution in [0.5, 0.6) is 0 Å². The highest BCUT2D eigenvalue weighted by molar-refractivity contribution is 5.74. The van der Waals surface area contributed by atoms with Crippen LogP contribution in [0.15, 0.2) is 42.7 Å². The Morgan fingerprint density at radius 2 is 2.25 bits per heavy atom. The zero-order valence-electron chi connectivity index (χ0n) is 13.6. The predicted octanol–water partition coefficient (Wildman–Crippen LogP) is 2.19. The van der Waals surface area contributed by atoms with E-state index in [1.165, 1.54) is 12.1 Å². The summed E-state index contributed by atoms with van der Waals surface area (Å²) in [5.41, 5.74) is 0.874. The molecule has 2 amide bonds. The van der Waals surface area contributed by atoms with Gasteiger partial charge in [-0.15, -0.1) is 0 Å². The number of morpholine rings is 1. The fourth-order valence-corrected chi connectivity index (χ4v) is 2.75. The molecule has 7 heteroatoms. The van der Waals surface area contributed by atoms with Crippen molar-refractivity contribution in [3.8, 4) is 0 Å². The zero-order valence-corrected chi connectivity index (χ0v) is 13.6. The fraction of sp³-hybridized carbons (Fsp3) is 0.412. The van der Waals surface area contributed by atoms with Crippen LogP contribution < -0.4 is 5.32 Å². The first-order valence-corrected chi connectivity index (χ1v) is 8.02. The van der Waals surface area contributed by atoms with Crippen molar-refractivity contribution in [2.24, 2.45) is 0 Å². The third-order valence-corrected chi connectivity index (χ3v) is 3.99. The van der Waals surface area contributed by atoms with E-state index in [2.05, 4.69) is 10.4 Å². The number of nitrogens with zero attached hydrogens (tertiary/aromatic N) is 3. The number of halogens is 1. The lowest BCUT2D eigenvalue weighted by molar-refractivity contribution is -0.0158. The van der Waals surface area contributed by atoms with E-state index in [4.69, 9.17) is 4.74 Å². The molecule has 0 saturated carbocycles. The normalized spacial score (nSPS) is 19.1. The molecule has 2 aromatic rings. The van der Waals surface area contributed by atoms with Crippen molar-refractivity contribution >= 4 is 6.03 Å². The summed E-state index contributed by atoms with van der Waals surface area (Å²) >= 11 is 0. The summed E-state index contributed by atoms with van der Waals surface area (Å²) in [5.74, 6) is -0.281. The number of rotatable bonds is 4. The summed E-state index contributed by atoms with van der Waals surface area (Å²) < 4.78 is 20.5. The highest BCUT2D eigenvalue weighted by atomic mass is 19.1. The van der Waals surface area contributed by atoms with E-state index < -0.39 is 0 Å². The van der Waals surface area contributed by atoms with Gasteiger partial charge in [0.1, 0.15) is 11.9 Å². The Morgan fingerprint density at radius 3 is 2.96 bits per heavy atom. The van der Waals surface area contributed by atoms with Crippen molar-refractivity contribution in [2.75, 3.05) is 19.7 Å². The highest BCUT2D eigenvalue weighted by Crippen LogP contribution is 2.22. The maximum Gasteiger partial charge on any atom is 0.317 e. The van der Waals surface area contributed by atoms with Crippen molar-refractivity contribution in [1.82, 2.24) is 20.0 Å². The number of carbonyl (C=O) groups excluding carboxylic acids is 1. The molecule has 0 radical (unpaired) electrons. The van der Waals surface area contributed by atoms with E-state index in [1.54, 1.807) is 27.9 Å². The standard InChI is InChI=1S/C17H21FN4O2/c1-13(11-22-8-2-7-19-22)20-17(23)21-9-10-24-16(12-21)14-3-5-15(18)6-4-14/h2-8,13,16H,9-12H2,1H3,(H,20,23)/t13-,16-/m0/s1. The number of carbonyl (C=O) groups is 1. The lowest BCUT2D eigenvalue weighted by atomic mass is 10.1. The molecule has 3 rings (SSSR count). The van der Waals surface area contributed by atoms with E-state index in [1.807, 2.05) is 19.2 Å². The third-order valence-electron chi connectivity index (χ3n) is 3.99. The summed E-state index contributed by atoms with van der Waals surface area (Å²) in [6, 6.07) is 7.90. The Balaban J connectivity index is 1.55. The van der Waals surface area contributed by atoms with Crippen molar-refractivity contribution in [3.63, 3.8) is 0 Å². The maximum atomic E-state index is 13.0. The van der Waals surface area contributed by atoms with Gasteiger partial charge in [-0.1, -0.05) is 12.1 Å². The van der Waals surface area contributed by atoms with Gasteiger partial charge in [0.05, 0.1) is 19.7 Å². The van der Waals surface area contributed by atoms with Crippen LogP contribution in [0.2, 0.25) is 0 Å². The van der Waals surface area contributed by atoms with Crippen LogP contribution in [0.25, 0.3) is 0 Å². The minimum absolute atomic E-state index is 0.0375. The number of hydrogen-bond donors (Lipinski definition) is 1. The number of ether oxygens (including phenoxy) is 1. The SMILES string of the molecule is C[C@@H](Cn1cccn1)NC(=O)N1CCO[C@H](c2ccc(F)cc2)C1. The first-order chi connectivity index (χ1) is 11.6. The molecule has 128 valence electrons. The maximum absolute atomic E-state index is 13.0. The van der Waals surface area contributed by atoms with Gasteiger partial charge in [-0.3, -0.25) is 4.68 Å². The van der Waals surface area contributed by atoms with Crippen LogP contribution in [0, 0.1) is 5.82 Å². The Morgan fingerprint density at radius 1 is 1.46 bits per heavy atom. The van der Waals surface area contributed by atoms with Crippen molar-refractivity contribution in [2.45, 2.75) is 25.6 Å². The van der Waals surface area contributed by atoms with E-state index >= 15 is 0 Å². The number of nitrogens with one attached hydrogen (secondary N) is 1. The van der Waals surface area contributed by atoms with Gasteiger partial charge in [-0.2, -0.15) is 5.10 Å². The van der Waals surface area contributed by atoms with E-state index in [0.717, 1.165) is 5.56 Å². The molecular formula is C17H21FN4O2. The first-order valence-electron chi connectivity index (χ1n) is 8.02. The quantitative estimate of drug-likeness (QED) is 0.934. The number of hydrogen-bond acceptors (Lipinski definition) is 3. The summed E-state index contributed by atoms with van der Waals surface area (Å²) in [6.45, 7) is 4.01. The molecule has 1 aromatic carbocycles. The second-order valence-corrected chi connectivity index (χ2v) is 5.94. The highest BCUT2D eigenvalue weighted by Gasteiger charge is 2.26. The molecule has 1 aliphatic rings. The Bertz CT molecular complexity index is 660. The first kappa shape index (κ1) is 16.4. The predicted molar refractivity (Wildman–Crippen MR) is 86.9 cm³/mol. The third kappa shape index (κ3) is 4.11. The molecule has 0 unspecified atom stereocenters. The topological polar surface area (TPSA) is 59.4 Å². The molecule has 0 bridgehead atoms. The van der Waals surface area contributed by atoms with Crippen LogP contribution >= 0.6 is 0 Å². The van der Waals surface area contributed by atoms with Gasteiger partial charge in [-0.05, 0) is 30.7 Å². The largest absolute Gasteiger partial charge is 0.370 e. The van der Waals surface area contributed by atoms with Gasteiger partial charge >= 0.3 is 6.03 Å². The number of amides is 2. The molecule has 1 N–H and O–H groups in total. The Labute approximate surface area is 140 Å². The van der Waals surface area contributed by atoms with Gasteiger partial charge in [0.2, 0.25) is 0 Å². The van der Waals surface area contributed by atoms with Crippen LogP contribution in [0.4, 0.5) is 9.18 Å². The fourth-order valence-electron chi connectivity index (χ4n) is 2.75. The molecule has 1 fully saturated rings. The molecule has 0 spiro atoms. The van der Waals surface area contributed by atoms with Crippen molar-refractivity contribution < 1.29 is 13.9 Å². The molecule has 6 nitrogen and oxygen atoms in total. The monoisotopic (exact) mass is 332 g/mol. The number of benzene rings is 1. The molecule has 2 atom stereocenters. The Hall–Kier alpha value is -2.41. The van der Waals surface area contributed by atoms with Crippen LogP contribution in [-0.4, -0.2) is 46.4 Å². The van der Waals surface area contributed by atoms with Crippen LogP contribution in [0.3, 0.4) is 0 Å². The van der Waals surface area contributed by atoms with Crippen molar-refractivity contribution in [3.05, 3.63) is 54.1 Å². The van der Waals surface area contributed by atoms with Gasteiger partial charge in [0.25, 0.3) is 0 Å². The minimum atomic E-state index is -0.281. The molecule has 1 aliphatic heterocycles. The molecule has 24 heavy (non-hydrogen) atoms. The van der Waals surface area contributed by atoms with Crippen LogP contribution in [0.1, 0.15) is 18.6 Å². The summed E-state index contributed by atoms with van der Waals surface area (Å²) in [4.78, 5) is 14.2. The Kier molecular flexibility index (Phi) is 5.10. The second-order valence-electron chi connectivity index (χ2n) is 5.94. The second kappa shape index (κ2) is 7.44. The number of aromatic nitrogens is 2. The van der Waals surface area contributed by atoms with E-state index in [9.17, 15) is 9.18 Å². The lowest BCUT2D eigenvalue weighted by Gasteiger charge is -2.34. The van der Waals surface area contributed by atoms with Crippen LogP contribution in [-0.2, 0) is 11.3 Å².